The summed E-state index contributed by atoms with van der Waals surface area (Å²) in [6.45, 7) is 1.34. The third-order valence-electron chi connectivity index (χ3n) is 4.74. The second-order valence-electron chi connectivity index (χ2n) is 6.71. The van der Waals surface area contributed by atoms with E-state index in [0.29, 0.717) is 43.4 Å². The molecule has 1 aliphatic heterocycles. The van der Waals surface area contributed by atoms with Crippen LogP contribution < -0.4 is 5.32 Å². The molecule has 0 atom stereocenters. The van der Waals surface area contributed by atoms with Gasteiger partial charge in [0.15, 0.2) is 5.82 Å². The number of morpholine rings is 1. The molecule has 1 aromatic heterocycles. The van der Waals surface area contributed by atoms with Crippen molar-refractivity contribution in [2.24, 2.45) is 0 Å². The first-order valence-corrected chi connectivity index (χ1v) is 10.9. The minimum Gasteiger partial charge on any atom is -0.379 e. The van der Waals surface area contributed by atoms with E-state index in [-0.39, 0.29) is 17.3 Å². The van der Waals surface area contributed by atoms with Gasteiger partial charge in [-0.3, -0.25) is 4.79 Å². The van der Waals surface area contributed by atoms with Crippen LogP contribution in [0.25, 0.3) is 5.69 Å². The Hall–Kier alpha value is -3.22. The fourth-order valence-corrected chi connectivity index (χ4v) is 4.48. The van der Waals surface area contributed by atoms with E-state index in [4.69, 9.17) is 4.74 Å². The third kappa shape index (κ3) is 4.60. The molecule has 2 aromatic carbocycles. The molecule has 31 heavy (non-hydrogen) atoms. The van der Waals surface area contributed by atoms with E-state index in [1.54, 1.807) is 0 Å². The lowest BCUT2D eigenvalue weighted by atomic mass is 10.2. The van der Waals surface area contributed by atoms with Gasteiger partial charge in [-0.1, -0.05) is 0 Å². The number of nitrogens with one attached hydrogen (secondary N) is 1. The molecule has 12 heteroatoms. The molecule has 4 rings (SSSR count). The SMILES string of the molecule is O=C(NCc1nnnn1-c1ccc(F)cc1)c1ccc(S(=O)(=O)N2CCOCC2)cc1. The second kappa shape index (κ2) is 8.88. The first kappa shape index (κ1) is 21.0. The maximum Gasteiger partial charge on any atom is 0.251 e. The monoisotopic (exact) mass is 446 g/mol. The number of aromatic nitrogens is 4. The van der Waals surface area contributed by atoms with Crippen LogP contribution in [0.3, 0.4) is 0 Å². The van der Waals surface area contributed by atoms with Crippen molar-refractivity contribution < 1.29 is 22.3 Å². The topological polar surface area (TPSA) is 119 Å². The van der Waals surface area contributed by atoms with Gasteiger partial charge in [0.2, 0.25) is 10.0 Å². The Morgan fingerprint density at radius 3 is 2.42 bits per heavy atom. The van der Waals surface area contributed by atoms with Gasteiger partial charge in [-0.05, 0) is 59.0 Å². The highest BCUT2D eigenvalue weighted by Crippen LogP contribution is 2.18. The summed E-state index contributed by atoms with van der Waals surface area (Å²) >= 11 is 0. The molecule has 0 radical (unpaired) electrons. The van der Waals surface area contributed by atoms with Gasteiger partial charge in [-0.2, -0.15) is 8.99 Å². The van der Waals surface area contributed by atoms with Crippen molar-refractivity contribution in [3.8, 4) is 5.69 Å². The zero-order valence-corrected chi connectivity index (χ0v) is 17.1. The number of amides is 1. The average molecular weight is 446 g/mol. The summed E-state index contributed by atoms with van der Waals surface area (Å²) < 4.78 is 46.4. The van der Waals surface area contributed by atoms with Crippen LogP contribution in [0.4, 0.5) is 4.39 Å². The highest BCUT2D eigenvalue weighted by molar-refractivity contribution is 7.89. The fourth-order valence-electron chi connectivity index (χ4n) is 3.07. The lowest BCUT2D eigenvalue weighted by molar-refractivity contribution is 0.0730. The zero-order valence-electron chi connectivity index (χ0n) is 16.3. The van der Waals surface area contributed by atoms with E-state index < -0.39 is 15.9 Å². The van der Waals surface area contributed by atoms with Crippen LogP contribution in [0.2, 0.25) is 0 Å². The fraction of sp³-hybridized carbons (Fsp3) is 0.263. The first-order chi connectivity index (χ1) is 14.9. The van der Waals surface area contributed by atoms with E-state index in [9.17, 15) is 17.6 Å². The van der Waals surface area contributed by atoms with Gasteiger partial charge in [-0.25, -0.2) is 12.8 Å². The number of carbonyl (C=O) groups excluding carboxylic acids is 1. The number of halogens is 1. The average Bonchev–Trinajstić information content (AvgIpc) is 3.27. The zero-order chi connectivity index (χ0) is 21.8. The molecule has 0 bridgehead atoms. The number of sulfonamides is 1. The minimum atomic E-state index is -3.63. The van der Waals surface area contributed by atoms with Crippen LogP contribution in [0.5, 0.6) is 0 Å². The Morgan fingerprint density at radius 2 is 1.74 bits per heavy atom. The first-order valence-electron chi connectivity index (χ1n) is 9.44. The van der Waals surface area contributed by atoms with E-state index in [1.807, 2.05) is 0 Å². The molecule has 1 saturated heterocycles. The smallest absolute Gasteiger partial charge is 0.251 e. The predicted octanol–water partition coefficient (Wildman–Crippen LogP) is 0.752. The lowest BCUT2D eigenvalue weighted by Crippen LogP contribution is -2.40. The highest BCUT2D eigenvalue weighted by atomic mass is 32.2. The molecule has 1 fully saturated rings. The van der Waals surface area contributed by atoms with Crippen LogP contribution >= 0.6 is 0 Å². The molecule has 3 aromatic rings. The van der Waals surface area contributed by atoms with Crippen molar-refractivity contribution in [1.29, 1.82) is 0 Å². The number of hydrogen-bond acceptors (Lipinski definition) is 7. The summed E-state index contributed by atoms with van der Waals surface area (Å²) in [4.78, 5) is 12.6. The van der Waals surface area contributed by atoms with E-state index >= 15 is 0 Å². The summed E-state index contributed by atoms with van der Waals surface area (Å²) in [7, 11) is -3.63. The maximum absolute atomic E-state index is 13.1. The van der Waals surface area contributed by atoms with Gasteiger partial charge < -0.3 is 10.1 Å². The molecule has 1 aliphatic rings. The van der Waals surface area contributed by atoms with Crippen LogP contribution in [-0.4, -0.2) is 65.1 Å². The molecule has 0 saturated carbocycles. The Kier molecular flexibility index (Phi) is 6.02. The molecular formula is C19H19FN6O4S. The molecule has 1 amide bonds. The van der Waals surface area contributed by atoms with Crippen molar-refractivity contribution >= 4 is 15.9 Å². The lowest BCUT2D eigenvalue weighted by Gasteiger charge is -2.26. The van der Waals surface area contributed by atoms with Crippen molar-refractivity contribution in [1.82, 2.24) is 29.8 Å². The number of nitrogens with zero attached hydrogens (tertiary/aromatic N) is 5. The van der Waals surface area contributed by atoms with Gasteiger partial charge in [0.25, 0.3) is 5.91 Å². The van der Waals surface area contributed by atoms with Crippen molar-refractivity contribution in [2.75, 3.05) is 26.3 Å². The van der Waals surface area contributed by atoms with E-state index in [0.717, 1.165) is 0 Å². The van der Waals surface area contributed by atoms with Gasteiger partial charge in [-0.15, -0.1) is 5.10 Å². The van der Waals surface area contributed by atoms with Gasteiger partial charge in [0, 0.05) is 18.7 Å². The highest BCUT2D eigenvalue weighted by Gasteiger charge is 2.26. The normalized spacial score (nSPS) is 15.0. The Morgan fingerprint density at radius 1 is 1.06 bits per heavy atom. The number of carbonyl (C=O) groups is 1. The molecule has 0 unspecified atom stereocenters. The minimum absolute atomic E-state index is 0.0248. The second-order valence-corrected chi connectivity index (χ2v) is 8.64. The molecule has 2 heterocycles. The summed E-state index contributed by atoms with van der Waals surface area (Å²) in [5, 5.41) is 14.0. The number of hydrogen-bond donors (Lipinski definition) is 1. The Labute approximate surface area is 177 Å². The number of tetrazole rings is 1. The van der Waals surface area contributed by atoms with Gasteiger partial charge in [0.05, 0.1) is 30.3 Å². The summed E-state index contributed by atoms with van der Waals surface area (Å²) in [5.41, 5.74) is 0.843. The largest absolute Gasteiger partial charge is 0.379 e. The number of rotatable bonds is 6. The third-order valence-corrected chi connectivity index (χ3v) is 6.65. The molecule has 10 nitrogen and oxygen atoms in total. The van der Waals surface area contributed by atoms with Crippen LogP contribution in [0.15, 0.2) is 53.4 Å². The molecule has 162 valence electrons. The quantitative estimate of drug-likeness (QED) is 0.593. The summed E-state index contributed by atoms with van der Waals surface area (Å²) in [6.07, 6.45) is 0. The van der Waals surface area contributed by atoms with E-state index in [2.05, 4.69) is 20.8 Å². The van der Waals surface area contributed by atoms with Crippen molar-refractivity contribution in [3.05, 3.63) is 65.7 Å². The van der Waals surface area contributed by atoms with Crippen molar-refractivity contribution in [2.45, 2.75) is 11.4 Å². The van der Waals surface area contributed by atoms with Gasteiger partial charge in [0.1, 0.15) is 5.82 Å². The molecule has 0 aliphatic carbocycles. The summed E-state index contributed by atoms with van der Waals surface area (Å²) in [6, 6.07) is 11.3. The van der Waals surface area contributed by atoms with Crippen molar-refractivity contribution in [3.63, 3.8) is 0 Å². The number of ether oxygens (including phenoxy) is 1. The molecule has 1 N–H and O–H groups in total. The standard InChI is InChI=1S/C19H19FN6O4S/c20-15-3-5-16(6-4-15)26-18(22-23-24-26)13-21-19(27)14-1-7-17(8-2-14)31(28,29)25-9-11-30-12-10-25/h1-8H,9-13H2,(H,21,27). The van der Waals surface area contributed by atoms with Crippen LogP contribution in [0, 0.1) is 5.82 Å². The Balaban J connectivity index is 1.42. The van der Waals surface area contributed by atoms with E-state index in [1.165, 1.54) is 57.5 Å². The molecular weight excluding hydrogens is 427 g/mol. The Bertz CT molecular complexity index is 1160. The molecule has 0 spiro atoms. The predicted molar refractivity (Wildman–Crippen MR) is 106 cm³/mol. The maximum atomic E-state index is 13.1. The summed E-state index contributed by atoms with van der Waals surface area (Å²) in [5.74, 6) is -0.443. The van der Waals surface area contributed by atoms with Crippen LogP contribution in [-0.2, 0) is 21.3 Å². The van der Waals surface area contributed by atoms with Gasteiger partial charge >= 0.3 is 0 Å². The van der Waals surface area contributed by atoms with Crippen LogP contribution in [0.1, 0.15) is 16.2 Å². The number of benzene rings is 2.